The van der Waals surface area contributed by atoms with Gasteiger partial charge in [0.25, 0.3) is 0 Å². The molecule has 2 aromatic rings. The van der Waals surface area contributed by atoms with Gasteiger partial charge in [0.05, 0.1) is 18.0 Å². The Morgan fingerprint density at radius 2 is 1.76 bits per heavy atom. The lowest BCUT2D eigenvalue weighted by atomic mass is 9.88. The normalized spacial score (nSPS) is 13.3. The molecular weight excluding hydrogens is 420 g/mol. The van der Waals surface area contributed by atoms with Crippen LogP contribution in [0, 0.1) is 5.92 Å². The number of hydrogen-bond donors (Lipinski definition) is 1. The molecule has 3 rings (SSSR count). The number of nitrogens with one attached hydrogen (secondary N) is 1. The highest BCUT2D eigenvalue weighted by atomic mass is 16.5. The van der Waals surface area contributed by atoms with Gasteiger partial charge in [-0.3, -0.25) is 14.6 Å². The van der Waals surface area contributed by atoms with Crippen molar-refractivity contribution in [3.05, 3.63) is 42.7 Å². The van der Waals surface area contributed by atoms with Crippen LogP contribution in [0.1, 0.15) is 32.1 Å². The molecule has 180 valence electrons. The molecule has 2 amide bonds. The predicted octanol–water partition coefficient (Wildman–Crippen LogP) is 3.97. The molecule has 8 heteroatoms. The Bertz CT molecular complexity index is 855. The molecule has 0 radical (unpaired) electrons. The summed E-state index contributed by atoms with van der Waals surface area (Å²) in [4.78, 5) is 30.1. The van der Waals surface area contributed by atoms with Crippen LogP contribution in [0.15, 0.2) is 42.7 Å². The number of rotatable bonds is 9. The Balaban J connectivity index is 0.000000237. The number of nitrogens with zero attached hydrogens (tertiary/aromatic N) is 3. The standard InChI is InChI=1S/C13H20N2O3.C12H16N2O/c1-14(2)13-9-11(18-8-7-17-4)5-6-12(13)15(3)10-16;15-12(10-4-2-1-3-5-10)14-11-6-8-13-9-7-11/h5-6,9-10H,7-8H2,1-4H3;6-10H,1-5H2,(H,13,14,15). The van der Waals surface area contributed by atoms with Gasteiger partial charge in [0.1, 0.15) is 12.4 Å². The van der Waals surface area contributed by atoms with Crippen LogP contribution in [0.4, 0.5) is 17.1 Å². The molecule has 1 aliphatic carbocycles. The van der Waals surface area contributed by atoms with E-state index in [1.165, 1.54) is 24.2 Å². The number of benzene rings is 1. The van der Waals surface area contributed by atoms with Gasteiger partial charge < -0.3 is 24.6 Å². The lowest BCUT2D eigenvalue weighted by molar-refractivity contribution is -0.120. The van der Waals surface area contributed by atoms with E-state index in [2.05, 4.69) is 10.3 Å². The highest BCUT2D eigenvalue weighted by molar-refractivity contribution is 5.92. The lowest BCUT2D eigenvalue weighted by Crippen LogP contribution is -2.24. The molecule has 0 unspecified atom stereocenters. The van der Waals surface area contributed by atoms with E-state index in [4.69, 9.17) is 9.47 Å². The largest absolute Gasteiger partial charge is 0.491 e. The van der Waals surface area contributed by atoms with Crippen molar-refractivity contribution in [2.24, 2.45) is 5.92 Å². The third-order valence-electron chi connectivity index (χ3n) is 5.45. The van der Waals surface area contributed by atoms with E-state index in [0.717, 1.165) is 42.1 Å². The van der Waals surface area contributed by atoms with E-state index >= 15 is 0 Å². The predicted molar refractivity (Wildman–Crippen MR) is 132 cm³/mol. The first-order valence-corrected chi connectivity index (χ1v) is 11.3. The van der Waals surface area contributed by atoms with E-state index in [0.29, 0.717) is 13.2 Å². The van der Waals surface area contributed by atoms with Crippen molar-refractivity contribution in [2.45, 2.75) is 32.1 Å². The topological polar surface area (TPSA) is 84.0 Å². The number of hydrogen-bond acceptors (Lipinski definition) is 6. The summed E-state index contributed by atoms with van der Waals surface area (Å²) < 4.78 is 10.5. The highest BCUT2D eigenvalue weighted by Crippen LogP contribution is 2.31. The van der Waals surface area contributed by atoms with E-state index in [-0.39, 0.29) is 11.8 Å². The maximum atomic E-state index is 11.8. The second-order valence-electron chi connectivity index (χ2n) is 8.16. The lowest BCUT2D eigenvalue weighted by Gasteiger charge is -2.22. The third kappa shape index (κ3) is 8.73. The number of methoxy groups -OCH3 is 1. The van der Waals surface area contributed by atoms with Crippen molar-refractivity contribution >= 4 is 29.4 Å². The number of aromatic nitrogens is 1. The fraction of sp³-hybridized carbons (Fsp3) is 0.480. The van der Waals surface area contributed by atoms with Crippen LogP contribution in [0.25, 0.3) is 0 Å². The van der Waals surface area contributed by atoms with Crippen molar-refractivity contribution in [3.8, 4) is 5.75 Å². The molecule has 1 aliphatic rings. The Morgan fingerprint density at radius 3 is 2.36 bits per heavy atom. The minimum Gasteiger partial charge on any atom is -0.491 e. The minimum absolute atomic E-state index is 0.168. The molecule has 1 fully saturated rings. The maximum absolute atomic E-state index is 11.8. The Labute approximate surface area is 196 Å². The molecule has 1 heterocycles. The number of carbonyl (C=O) groups excluding carboxylic acids is 2. The average Bonchev–Trinajstić information content (AvgIpc) is 2.85. The van der Waals surface area contributed by atoms with Gasteiger partial charge in [-0.15, -0.1) is 0 Å². The second kappa shape index (κ2) is 14.1. The van der Waals surface area contributed by atoms with Crippen LogP contribution >= 0.6 is 0 Å². The Hall–Kier alpha value is -3.13. The van der Waals surface area contributed by atoms with Gasteiger partial charge in [-0.25, -0.2) is 0 Å². The van der Waals surface area contributed by atoms with E-state index < -0.39 is 0 Å². The van der Waals surface area contributed by atoms with Gasteiger partial charge in [0, 0.05) is 58.3 Å². The first kappa shape index (κ1) is 26.1. The molecule has 1 aromatic heterocycles. The van der Waals surface area contributed by atoms with Crippen molar-refractivity contribution < 1.29 is 19.1 Å². The first-order valence-electron chi connectivity index (χ1n) is 11.3. The number of amides is 2. The summed E-state index contributed by atoms with van der Waals surface area (Å²) in [6.07, 6.45) is 9.90. The molecule has 0 bridgehead atoms. The number of pyridine rings is 1. The van der Waals surface area contributed by atoms with Crippen molar-refractivity contribution in [3.63, 3.8) is 0 Å². The zero-order chi connectivity index (χ0) is 24.1. The molecule has 8 nitrogen and oxygen atoms in total. The van der Waals surface area contributed by atoms with Crippen LogP contribution in [0.5, 0.6) is 5.75 Å². The molecule has 1 N–H and O–H groups in total. The van der Waals surface area contributed by atoms with E-state index in [9.17, 15) is 9.59 Å². The fourth-order valence-electron chi connectivity index (χ4n) is 3.59. The Morgan fingerprint density at radius 1 is 1.06 bits per heavy atom. The summed E-state index contributed by atoms with van der Waals surface area (Å²) in [6.45, 7) is 1.06. The smallest absolute Gasteiger partial charge is 0.227 e. The maximum Gasteiger partial charge on any atom is 0.227 e. The van der Waals surface area contributed by atoms with Crippen LogP contribution in [0.2, 0.25) is 0 Å². The van der Waals surface area contributed by atoms with Crippen LogP contribution in [0.3, 0.4) is 0 Å². The molecule has 0 spiro atoms. The fourth-order valence-corrected chi connectivity index (χ4v) is 3.59. The second-order valence-corrected chi connectivity index (χ2v) is 8.16. The van der Waals surface area contributed by atoms with Crippen LogP contribution in [-0.4, -0.2) is 58.8 Å². The van der Waals surface area contributed by atoms with Gasteiger partial charge in [0.15, 0.2) is 0 Å². The first-order chi connectivity index (χ1) is 16.0. The third-order valence-corrected chi connectivity index (χ3v) is 5.45. The summed E-state index contributed by atoms with van der Waals surface area (Å²) in [6, 6.07) is 9.26. The summed E-state index contributed by atoms with van der Waals surface area (Å²) in [5, 5.41) is 2.93. The minimum atomic E-state index is 0.168. The van der Waals surface area contributed by atoms with Crippen LogP contribution in [-0.2, 0) is 14.3 Å². The summed E-state index contributed by atoms with van der Waals surface area (Å²) in [5.74, 6) is 1.15. The summed E-state index contributed by atoms with van der Waals surface area (Å²) in [7, 11) is 7.21. The zero-order valence-corrected chi connectivity index (χ0v) is 20.1. The molecule has 1 saturated carbocycles. The molecule has 0 atom stereocenters. The number of carbonyl (C=O) groups is 2. The van der Waals surface area contributed by atoms with Gasteiger partial charge in [-0.1, -0.05) is 19.3 Å². The van der Waals surface area contributed by atoms with E-state index in [1.54, 1.807) is 26.6 Å². The van der Waals surface area contributed by atoms with Crippen molar-refractivity contribution in [1.29, 1.82) is 0 Å². The van der Waals surface area contributed by atoms with Gasteiger partial charge in [0.2, 0.25) is 12.3 Å². The van der Waals surface area contributed by atoms with Gasteiger partial charge in [-0.2, -0.15) is 0 Å². The number of anilines is 3. The van der Waals surface area contributed by atoms with Crippen molar-refractivity contribution in [1.82, 2.24) is 4.98 Å². The average molecular weight is 457 g/mol. The zero-order valence-electron chi connectivity index (χ0n) is 20.1. The molecule has 1 aromatic carbocycles. The summed E-state index contributed by atoms with van der Waals surface area (Å²) >= 11 is 0. The Kier molecular flexibility index (Phi) is 11.2. The SMILES string of the molecule is COCCOc1ccc(N(C)C=O)c(N(C)C)c1.O=C(Nc1ccncc1)C1CCCCC1. The number of ether oxygens (including phenoxy) is 2. The summed E-state index contributed by atoms with van der Waals surface area (Å²) in [5.41, 5.74) is 2.62. The monoisotopic (exact) mass is 456 g/mol. The van der Waals surface area contributed by atoms with Crippen molar-refractivity contribution in [2.75, 3.05) is 56.6 Å². The molecule has 33 heavy (non-hydrogen) atoms. The van der Waals surface area contributed by atoms with Crippen LogP contribution < -0.4 is 19.9 Å². The highest BCUT2D eigenvalue weighted by Gasteiger charge is 2.20. The molecular formula is C25H36N4O4. The quantitative estimate of drug-likeness (QED) is 0.454. The van der Waals surface area contributed by atoms with E-state index in [1.807, 2.05) is 49.3 Å². The van der Waals surface area contributed by atoms with Gasteiger partial charge in [-0.05, 0) is 37.1 Å². The molecule has 0 aliphatic heterocycles. The van der Waals surface area contributed by atoms with Gasteiger partial charge >= 0.3 is 0 Å². The molecule has 0 saturated heterocycles.